The number of ether oxygens (including phenoxy) is 1. The van der Waals surface area contributed by atoms with Crippen LogP contribution in [0.3, 0.4) is 0 Å². The van der Waals surface area contributed by atoms with E-state index in [1.807, 2.05) is 0 Å². The van der Waals surface area contributed by atoms with Crippen LogP contribution in [-0.4, -0.2) is 40.6 Å². The number of hydrogen-bond acceptors (Lipinski definition) is 3. The minimum absolute atomic E-state index is 0.0445. The van der Waals surface area contributed by atoms with Crippen LogP contribution in [0, 0.1) is 5.92 Å². The van der Waals surface area contributed by atoms with Gasteiger partial charge in [0.1, 0.15) is 6.54 Å². The standard InChI is InChI=1S/C17H18F3NO4/c18-17(19,20)11-3-1-10(2-4-11)8-21(9-15(22)23)16(24)13-7-12-5-6-14(13)25-12/h1-4,12-14H,5-9H2,(H,22,23). The van der Waals surface area contributed by atoms with Crippen molar-refractivity contribution in [3.63, 3.8) is 0 Å². The molecule has 0 aromatic heterocycles. The Labute approximate surface area is 142 Å². The molecule has 2 fully saturated rings. The molecule has 0 radical (unpaired) electrons. The zero-order valence-electron chi connectivity index (χ0n) is 13.3. The summed E-state index contributed by atoms with van der Waals surface area (Å²) >= 11 is 0. The maximum absolute atomic E-state index is 12.7. The van der Waals surface area contributed by atoms with Gasteiger partial charge in [-0.3, -0.25) is 9.59 Å². The SMILES string of the molecule is O=C(O)CN(Cc1ccc(C(F)(F)F)cc1)C(=O)C1CC2CCC1O2. The molecule has 136 valence electrons. The van der Waals surface area contributed by atoms with Crippen LogP contribution >= 0.6 is 0 Å². The maximum atomic E-state index is 12.7. The molecule has 1 amide bonds. The zero-order chi connectivity index (χ0) is 18.2. The number of carboxylic acids is 1. The molecular formula is C17H18F3NO4. The van der Waals surface area contributed by atoms with Crippen LogP contribution in [0.4, 0.5) is 13.2 Å². The molecule has 1 aromatic carbocycles. The van der Waals surface area contributed by atoms with E-state index in [4.69, 9.17) is 9.84 Å². The largest absolute Gasteiger partial charge is 0.480 e. The third kappa shape index (κ3) is 3.95. The molecule has 5 nitrogen and oxygen atoms in total. The number of aliphatic carboxylic acids is 1. The lowest BCUT2D eigenvalue weighted by Crippen LogP contribution is -2.42. The average Bonchev–Trinajstić information content (AvgIpc) is 3.16. The normalized spacial score (nSPS) is 25.2. The van der Waals surface area contributed by atoms with Crippen LogP contribution in [0.5, 0.6) is 0 Å². The third-order valence-corrected chi connectivity index (χ3v) is 4.72. The first-order valence-electron chi connectivity index (χ1n) is 8.06. The van der Waals surface area contributed by atoms with Gasteiger partial charge in [-0.2, -0.15) is 13.2 Å². The first kappa shape index (κ1) is 17.7. The predicted molar refractivity (Wildman–Crippen MR) is 80.5 cm³/mol. The van der Waals surface area contributed by atoms with Gasteiger partial charge in [0.15, 0.2) is 0 Å². The third-order valence-electron chi connectivity index (χ3n) is 4.72. The van der Waals surface area contributed by atoms with Gasteiger partial charge in [-0.05, 0) is 37.0 Å². The quantitative estimate of drug-likeness (QED) is 0.880. The molecule has 3 unspecified atom stereocenters. The second kappa shape index (κ2) is 6.67. The molecule has 3 atom stereocenters. The highest BCUT2D eigenvalue weighted by Crippen LogP contribution is 2.39. The number of carboxylic acid groups (broad SMARTS) is 1. The van der Waals surface area contributed by atoms with Crippen molar-refractivity contribution in [2.75, 3.05) is 6.54 Å². The number of carbonyl (C=O) groups is 2. The monoisotopic (exact) mass is 357 g/mol. The summed E-state index contributed by atoms with van der Waals surface area (Å²) in [5, 5.41) is 9.06. The number of carbonyl (C=O) groups excluding carboxylic acids is 1. The van der Waals surface area contributed by atoms with E-state index in [1.165, 1.54) is 17.0 Å². The summed E-state index contributed by atoms with van der Waals surface area (Å²) in [5.74, 6) is -1.84. The van der Waals surface area contributed by atoms with Crippen LogP contribution in [-0.2, 0) is 27.0 Å². The van der Waals surface area contributed by atoms with Gasteiger partial charge in [0.25, 0.3) is 0 Å². The number of rotatable bonds is 5. The fourth-order valence-corrected chi connectivity index (χ4v) is 3.53. The van der Waals surface area contributed by atoms with Crippen molar-refractivity contribution >= 4 is 11.9 Å². The molecule has 1 N–H and O–H groups in total. The second-order valence-corrected chi connectivity index (χ2v) is 6.50. The Hall–Kier alpha value is -2.09. The molecular weight excluding hydrogens is 339 g/mol. The predicted octanol–water partition coefficient (Wildman–Crippen LogP) is 2.69. The van der Waals surface area contributed by atoms with Gasteiger partial charge in [0, 0.05) is 6.54 Å². The Morgan fingerprint density at radius 3 is 2.36 bits per heavy atom. The van der Waals surface area contributed by atoms with E-state index in [0.717, 1.165) is 25.0 Å². The number of amides is 1. The van der Waals surface area contributed by atoms with Crippen molar-refractivity contribution in [1.29, 1.82) is 0 Å². The van der Waals surface area contributed by atoms with Gasteiger partial charge in [-0.1, -0.05) is 12.1 Å². The van der Waals surface area contributed by atoms with E-state index < -0.39 is 24.3 Å². The number of halogens is 3. The van der Waals surface area contributed by atoms with Crippen LogP contribution < -0.4 is 0 Å². The number of nitrogens with zero attached hydrogens (tertiary/aromatic N) is 1. The van der Waals surface area contributed by atoms with E-state index >= 15 is 0 Å². The number of benzene rings is 1. The lowest BCUT2D eigenvalue weighted by molar-refractivity contribution is -0.147. The van der Waals surface area contributed by atoms with Gasteiger partial charge < -0.3 is 14.7 Å². The van der Waals surface area contributed by atoms with E-state index in [2.05, 4.69) is 0 Å². The summed E-state index contributed by atoms with van der Waals surface area (Å²) in [5.41, 5.74) is -0.333. The fourth-order valence-electron chi connectivity index (χ4n) is 3.53. The maximum Gasteiger partial charge on any atom is 0.416 e. The van der Waals surface area contributed by atoms with Crippen molar-refractivity contribution in [3.8, 4) is 0 Å². The van der Waals surface area contributed by atoms with Crippen LogP contribution in [0.25, 0.3) is 0 Å². The van der Waals surface area contributed by atoms with Crippen LogP contribution in [0.15, 0.2) is 24.3 Å². The lowest BCUT2D eigenvalue weighted by Gasteiger charge is -2.27. The topological polar surface area (TPSA) is 66.8 Å². The van der Waals surface area contributed by atoms with Crippen LogP contribution in [0.1, 0.15) is 30.4 Å². The Balaban J connectivity index is 1.72. The Morgan fingerprint density at radius 1 is 1.20 bits per heavy atom. The Morgan fingerprint density at radius 2 is 1.88 bits per heavy atom. The summed E-state index contributed by atoms with van der Waals surface area (Å²) in [4.78, 5) is 25.0. The van der Waals surface area contributed by atoms with Crippen LogP contribution in [0.2, 0.25) is 0 Å². The molecule has 2 saturated heterocycles. The number of alkyl halides is 3. The van der Waals surface area contributed by atoms with Gasteiger partial charge in [0.2, 0.25) is 5.91 Å². The summed E-state index contributed by atoms with van der Waals surface area (Å²) in [7, 11) is 0. The molecule has 2 aliphatic heterocycles. The summed E-state index contributed by atoms with van der Waals surface area (Å²) in [6.07, 6.45) is -2.30. The smallest absolute Gasteiger partial charge is 0.416 e. The zero-order valence-corrected chi connectivity index (χ0v) is 13.3. The van der Waals surface area contributed by atoms with Crippen molar-refractivity contribution in [3.05, 3.63) is 35.4 Å². The van der Waals surface area contributed by atoms with E-state index in [1.54, 1.807) is 0 Å². The molecule has 2 aliphatic rings. The molecule has 0 saturated carbocycles. The molecule has 0 aliphatic carbocycles. The van der Waals surface area contributed by atoms with E-state index in [9.17, 15) is 22.8 Å². The Kier molecular flexibility index (Phi) is 4.73. The summed E-state index contributed by atoms with van der Waals surface area (Å²) < 4.78 is 43.5. The first-order chi connectivity index (χ1) is 11.7. The highest BCUT2D eigenvalue weighted by atomic mass is 19.4. The van der Waals surface area contributed by atoms with Gasteiger partial charge in [-0.25, -0.2) is 0 Å². The molecule has 1 aromatic rings. The minimum atomic E-state index is -4.43. The summed E-state index contributed by atoms with van der Waals surface area (Å²) in [6.45, 7) is -0.537. The van der Waals surface area contributed by atoms with Gasteiger partial charge in [-0.15, -0.1) is 0 Å². The van der Waals surface area contributed by atoms with Gasteiger partial charge in [0.05, 0.1) is 23.7 Å². The van der Waals surface area contributed by atoms with Crippen molar-refractivity contribution in [2.24, 2.45) is 5.92 Å². The lowest BCUT2D eigenvalue weighted by atomic mass is 9.88. The molecule has 25 heavy (non-hydrogen) atoms. The Bertz CT molecular complexity index is 659. The second-order valence-electron chi connectivity index (χ2n) is 6.50. The molecule has 0 spiro atoms. The van der Waals surface area contributed by atoms with Gasteiger partial charge >= 0.3 is 12.1 Å². The number of hydrogen-bond donors (Lipinski definition) is 1. The highest BCUT2D eigenvalue weighted by Gasteiger charge is 2.45. The average molecular weight is 357 g/mol. The molecule has 8 heteroatoms. The molecule has 2 heterocycles. The summed E-state index contributed by atoms with van der Waals surface area (Å²) in [6, 6.07) is 4.39. The molecule has 2 bridgehead atoms. The fraction of sp³-hybridized carbons (Fsp3) is 0.529. The number of fused-ring (bicyclic) bond motifs is 2. The van der Waals surface area contributed by atoms with Crippen molar-refractivity contribution in [1.82, 2.24) is 4.90 Å². The van der Waals surface area contributed by atoms with E-state index in [-0.39, 0.29) is 30.6 Å². The minimum Gasteiger partial charge on any atom is -0.480 e. The highest BCUT2D eigenvalue weighted by molar-refractivity contribution is 5.84. The van der Waals surface area contributed by atoms with Crippen molar-refractivity contribution < 1.29 is 32.6 Å². The van der Waals surface area contributed by atoms with Crippen molar-refractivity contribution in [2.45, 2.75) is 44.2 Å². The first-order valence-corrected chi connectivity index (χ1v) is 8.06. The van der Waals surface area contributed by atoms with E-state index in [0.29, 0.717) is 12.0 Å². The molecule has 3 rings (SSSR count).